The van der Waals surface area contributed by atoms with Gasteiger partial charge in [-0.1, -0.05) is 87.0 Å². The van der Waals surface area contributed by atoms with Crippen LogP contribution >= 0.6 is 16.1 Å². The topological polar surface area (TPSA) is 13.0 Å². The molecule has 0 bridgehead atoms. The maximum Gasteiger partial charge on any atom is 0.131 e. The summed E-state index contributed by atoms with van der Waals surface area (Å²) in [7, 11) is 0. The largest absolute Gasteiger partial charge is 0.273 e. The zero-order chi connectivity index (χ0) is 23.5. The Labute approximate surface area is 205 Å². The van der Waals surface area contributed by atoms with Crippen LogP contribution in [0.25, 0.3) is 0 Å². The monoisotopic (exact) mass is 504 g/mol. The van der Waals surface area contributed by atoms with Crippen molar-refractivity contribution in [3.05, 3.63) is 0 Å². The van der Waals surface area contributed by atoms with E-state index in [2.05, 4.69) is 83.2 Å². The van der Waals surface area contributed by atoms with E-state index >= 15 is 0 Å². The third kappa shape index (κ3) is 10.9. The second-order valence-electron chi connectivity index (χ2n) is 8.78. The molecule has 0 amide bonds. The van der Waals surface area contributed by atoms with Gasteiger partial charge in [0, 0.05) is 29.2 Å². The van der Waals surface area contributed by atoms with Gasteiger partial charge in [-0.25, -0.2) is 3.93 Å². The molecule has 0 heterocycles. The highest BCUT2D eigenvalue weighted by Crippen LogP contribution is 2.31. The lowest BCUT2D eigenvalue weighted by Gasteiger charge is -2.56. The van der Waals surface area contributed by atoms with Gasteiger partial charge in [0.1, 0.15) is 5.79 Å². The average molecular weight is 506 g/mol. The van der Waals surface area contributed by atoms with E-state index in [9.17, 15) is 0 Å². The van der Waals surface area contributed by atoms with Crippen LogP contribution in [0.4, 0.5) is 0 Å². The summed E-state index contributed by atoms with van der Waals surface area (Å²) in [6.45, 7) is 25.3. The smallest absolute Gasteiger partial charge is 0.131 e. The first-order valence-electron chi connectivity index (χ1n) is 13.7. The van der Waals surface area contributed by atoms with Gasteiger partial charge in [-0.3, -0.25) is 14.7 Å². The standard InChI is InChI=1S/C26H57BrN4/c1-8-15-16-18-21-24-31(27)25-22-19-17-20-23-26(28(9-2)10-3,29(11-4)12-5)30(13-6)14-7/h8-25H2,1-7H3. The molecule has 0 aliphatic rings. The van der Waals surface area contributed by atoms with Crippen LogP contribution in [0.5, 0.6) is 0 Å². The molecule has 0 aliphatic carbocycles. The van der Waals surface area contributed by atoms with Gasteiger partial charge >= 0.3 is 0 Å². The van der Waals surface area contributed by atoms with E-state index < -0.39 is 0 Å². The molecular weight excluding hydrogens is 448 g/mol. The van der Waals surface area contributed by atoms with E-state index in [1.165, 1.54) is 77.3 Å². The number of hydrogen-bond acceptors (Lipinski definition) is 4. The van der Waals surface area contributed by atoms with Crippen LogP contribution in [0.1, 0.15) is 113 Å². The summed E-state index contributed by atoms with van der Waals surface area (Å²) in [5.74, 6) is 0.0659. The second kappa shape index (κ2) is 19.8. The minimum atomic E-state index is 0.0659. The van der Waals surface area contributed by atoms with Crippen molar-refractivity contribution in [2.45, 2.75) is 118 Å². The Morgan fingerprint density at radius 1 is 0.484 bits per heavy atom. The van der Waals surface area contributed by atoms with Crippen molar-refractivity contribution in [3.63, 3.8) is 0 Å². The van der Waals surface area contributed by atoms with Crippen molar-refractivity contribution in [2.24, 2.45) is 0 Å². The Kier molecular flexibility index (Phi) is 20.0. The van der Waals surface area contributed by atoms with E-state index in [0.717, 1.165) is 39.3 Å². The first kappa shape index (κ1) is 31.3. The van der Waals surface area contributed by atoms with Crippen LogP contribution in [0.3, 0.4) is 0 Å². The second-order valence-corrected chi connectivity index (χ2v) is 9.78. The molecule has 0 fully saturated rings. The molecule has 188 valence electrons. The first-order valence-corrected chi connectivity index (χ1v) is 14.4. The van der Waals surface area contributed by atoms with Crippen LogP contribution in [-0.2, 0) is 0 Å². The van der Waals surface area contributed by atoms with Crippen LogP contribution in [0, 0.1) is 0 Å². The fraction of sp³-hybridized carbons (Fsp3) is 1.00. The highest BCUT2D eigenvalue weighted by Gasteiger charge is 2.43. The lowest BCUT2D eigenvalue weighted by atomic mass is 10.0. The molecule has 0 saturated carbocycles. The summed E-state index contributed by atoms with van der Waals surface area (Å²) >= 11 is 3.77. The maximum atomic E-state index is 3.77. The molecule has 0 saturated heterocycles. The molecule has 5 heteroatoms. The summed E-state index contributed by atoms with van der Waals surface area (Å²) in [6.07, 6.45) is 13.3. The number of nitrogens with zero attached hydrogens (tertiary/aromatic N) is 4. The van der Waals surface area contributed by atoms with Crippen LogP contribution in [0.15, 0.2) is 0 Å². The van der Waals surface area contributed by atoms with Crippen molar-refractivity contribution in [3.8, 4) is 0 Å². The summed E-state index contributed by atoms with van der Waals surface area (Å²) < 4.78 is 2.37. The summed E-state index contributed by atoms with van der Waals surface area (Å²) in [6, 6.07) is 0. The molecule has 0 N–H and O–H groups in total. The van der Waals surface area contributed by atoms with E-state index in [-0.39, 0.29) is 5.79 Å². The van der Waals surface area contributed by atoms with Gasteiger partial charge in [0.05, 0.1) is 0 Å². The lowest BCUT2D eigenvalue weighted by molar-refractivity contribution is -0.168. The fourth-order valence-corrected chi connectivity index (χ4v) is 5.76. The third-order valence-electron chi connectivity index (χ3n) is 6.98. The molecule has 0 rings (SSSR count). The molecule has 0 spiro atoms. The maximum absolute atomic E-state index is 3.77. The average Bonchev–Trinajstić information content (AvgIpc) is 2.78. The van der Waals surface area contributed by atoms with Crippen LogP contribution in [-0.4, -0.2) is 76.8 Å². The predicted octanol–water partition coefficient (Wildman–Crippen LogP) is 7.20. The quantitative estimate of drug-likeness (QED) is 0.0876. The first-order chi connectivity index (χ1) is 15.0. The van der Waals surface area contributed by atoms with E-state index in [4.69, 9.17) is 0 Å². The number of rotatable bonds is 22. The molecule has 0 aromatic carbocycles. The highest BCUT2D eigenvalue weighted by molar-refractivity contribution is 9.07. The molecule has 0 aromatic rings. The van der Waals surface area contributed by atoms with Crippen molar-refractivity contribution in [1.82, 2.24) is 18.6 Å². The summed E-state index contributed by atoms with van der Waals surface area (Å²) in [5.41, 5.74) is 0. The number of hydrogen-bond donors (Lipinski definition) is 0. The van der Waals surface area contributed by atoms with E-state index in [0.29, 0.717) is 0 Å². The Balaban J connectivity index is 4.70. The zero-order valence-corrected chi connectivity index (χ0v) is 24.0. The lowest BCUT2D eigenvalue weighted by Crippen LogP contribution is -2.69. The molecule has 4 nitrogen and oxygen atoms in total. The van der Waals surface area contributed by atoms with E-state index in [1.807, 2.05) is 0 Å². The van der Waals surface area contributed by atoms with Crippen LogP contribution in [0.2, 0.25) is 0 Å². The van der Waals surface area contributed by atoms with Gasteiger partial charge in [0.2, 0.25) is 0 Å². The Morgan fingerprint density at radius 2 is 0.839 bits per heavy atom. The molecule has 0 aliphatic heterocycles. The molecular formula is C26H57BrN4. The normalized spacial score (nSPS) is 12.8. The Morgan fingerprint density at radius 3 is 1.19 bits per heavy atom. The molecule has 31 heavy (non-hydrogen) atoms. The molecule has 0 aromatic heterocycles. The Bertz CT molecular complexity index is 350. The van der Waals surface area contributed by atoms with Gasteiger partial charge < -0.3 is 0 Å². The number of halogens is 1. The predicted molar refractivity (Wildman–Crippen MR) is 144 cm³/mol. The van der Waals surface area contributed by atoms with E-state index in [1.54, 1.807) is 0 Å². The van der Waals surface area contributed by atoms with Crippen molar-refractivity contribution < 1.29 is 0 Å². The van der Waals surface area contributed by atoms with Gasteiger partial charge in [-0.2, -0.15) is 0 Å². The minimum Gasteiger partial charge on any atom is -0.273 e. The highest BCUT2D eigenvalue weighted by atomic mass is 79.9. The van der Waals surface area contributed by atoms with Gasteiger partial charge in [-0.05, 0) is 65.0 Å². The summed E-state index contributed by atoms with van der Waals surface area (Å²) in [5, 5.41) is 0. The number of unbranched alkanes of at least 4 members (excludes halogenated alkanes) is 7. The molecule has 0 atom stereocenters. The van der Waals surface area contributed by atoms with Crippen molar-refractivity contribution in [1.29, 1.82) is 0 Å². The van der Waals surface area contributed by atoms with Gasteiger partial charge in [0.15, 0.2) is 0 Å². The molecule has 0 radical (unpaired) electrons. The van der Waals surface area contributed by atoms with Crippen molar-refractivity contribution >= 4 is 16.1 Å². The van der Waals surface area contributed by atoms with Gasteiger partial charge in [-0.15, -0.1) is 0 Å². The minimum absolute atomic E-state index is 0.0659. The molecule has 0 unspecified atom stereocenters. The fourth-order valence-electron chi connectivity index (χ4n) is 5.26. The van der Waals surface area contributed by atoms with Gasteiger partial charge in [0.25, 0.3) is 0 Å². The SMILES string of the molecule is CCCCCCCN(Br)CCCCCCC(N(CC)CC)(N(CC)CC)N(CC)CC. The van der Waals surface area contributed by atoms with Crippen LogP contribution < -0.4 is 0 Å². The van der Waals surface area contributed by atoms with Crippen molar-refractivity contribution in [2.75, 3.05) is 52.4 Å². The third-order valence-corrected chi connectivity index (χ3v) is 7.69. The summed E-state index contributed by atoms with van der Waals surface area (Å²) in [4.78, 5) is 8.14. The zero-order valence-electron chi connectivity index (χ0n) is 22.4. The Hall–Kier alpha value is 0.320.